The highest BCUT2D eigenvalue weighted by molar-refractivity contribution is 7.09. The quantitative estimate of drug-likeness (QED) is 0.626. The van der Waals surface area contributed by atoms with Gasteiger partial charge in [-0.3, -0.25) is 9.59 Å². The second-order valence-corrected chi connectivity index (χ2v) is 9.71. The van der Waals surface area contributed by atoms with Crippen LogP contribution in [0.25, 0.3) is 10.9 Å². The molecule has 1 atom stereocenters. The van der Waals surface area contributed by atoms with Crippen LogP contribution in [0.4, 0.5) is 5.95 Å². The summed E-state index contributed by atoms with van der Waals surface area (Å²) in [5.74, 6) is 0.980. The molecule has 2 fully saturated rings. The lowest BCUT2D eigenvalue weighted by Crippen LogP contribution is -2.50. The molecule has 2 saturated heterocycles. The Morgan fingerprint density at radius 3 is 2.72 bits per heavy atom. The van der Waals surface area contributed by atoms with Gasteiger partial charge in [0, 0.05) is 67.4 Å². The van der Waals surface area contributed by atoms with E-state index in [2.05, 4.69) is 31.6 Å². The van der Waals surface area contributed by atoms with Gasteiger partial charge in [0.05, 0.1) is 5.52 Å². The number of hydrogen-bond acceptors (Lipinski definition) is 6. The number of thiophene rings is 1. The van der Waals surface area contributed by atoms with Crippen LogP contribution in [-0.2, 0) is 16.0 Å². The number of rotatable bonds is 6. The Bertz CT molecular complexity index is 1110. The third kappa shape index (κ3) is 4.46. The summed E-state index contributed by atoms with van der Waals surface area (Å²) in [6.45, 7) is 2.78. The van der Waals surface area contributed by atoms with E-state index in [1.165, 1.54) is 4.88 Å². The van der Waals surface area contributed by atoms with Crippen LogP contribution in [0.15, 0.2) is 48.0 Å². The van der Waals surface area contributed by atoms with E-state index in [-0.39, 0.29) is 17.4 Å². The molecular weight excluding hydrogens is 422 g/mol. The number of anilines is 1. The van der Waals surface area contributed by atoms with Gasteiger partial charge in [0.2, 0.25) is 17.8 Å². The fourth-order valence-corrected chi connectivity index (χ4v) is 5.55. The molecule has 0 saturated carbocycles. The monoisotopic (exact) mass is 449 g/mol. The van der Waals surface area contributed by atoms with Crippen LogP contribution in [0, 0.1) is 0 Å². The average Bonchev–Trinajstić information content (AvgIpc) is 3.47. The molecule has 1 N–H and O–H groups in total. The summed E-state index contributed by atoms with van der Waals surface area (Å²) >= 11 is 1.71. The van der Waals surface area contributed by atoms with Gasteiger partial charge in [-0.15, -0.1) is 11.3 Å². The van der Waals surface area contributed by atoms with Gasteiger partial charge in [0.15, 0.2) is 0 Å². The number of amides is 2. The molecule has 0 unspecified atom stereocenters. The molecule has 3 aromatic rings. The van der Waals surface area contributed by atoms with Crippen molar-refractivity contribution in [2.24, 2.45) is 0 Å². The number of benzene rings is 1. The fraction of sp³-hybridized carbons (Fsp3) is 0.417. The van der Waals surface area contributed by atoms with Crippen molar-refractivity contribution < 1.29 is 9.59 Å². The van der Waals surface area contributed by atoms with Crippen LogP contribution in [-0.4, -0.2) is 58.4 Å². The molecule has 4 heterocycles. The third-order valence-corrected chi connectivity index (χ3v) is 7.41. The van der Waals surface area contributed by atoms with Gasteiger partial charge in [-0.05, 0) is 30.4 Å². The van der Waals surface area contributed by atoms with Crippen molar-refractivity contribution in [3.63, 3.8) is 0 Å². The van der Waals surface area contributed by atoms with Gasteiger partial charge in [0.1, 0.15) is 0 Å². The number of piperazine rings is 1. The minimum atomic E-state index is -0.293. The van der Waals surface area contributed by atoms with E-state index >= 15 is 0 Å². The molecule has 2 aliphatic rings. The second-order valence-electron chi connectivity index (χ2n) is 8.68. The number of carbonyl (C=O) groups is 2. The number of nitrogens with one attached hydrogen (secondary N) is 1. The molecule has 1 aromatic carbocycles. The zero-order valence-electron chi connectivity index (χ0n) is 18.0. The van der Waals surface area contributed by atoms with Crippen molar-refractivity contribution in [1.82, 2.24) is 20.2 Å². The molecular formula is C24H27N5O2S. The standard InChI is InChI=1S/C24H27N5O2S/c30-21-7-9-24(27-21,16-19-5-3-15-32-19)10-8-22(31)28-11-13-29(14-12-28)23-25-17-18-4-1-2-6-20(18)26-23/h1-6,15,17H,7-14,16H2,(H,27,30)/t24-/m1/s1. The van der Waals surface area contributed by atoms with Crippen molar-refractivity contribution in [3.8, 4) is 0 Å². The maximum absolute atomic E-state index is 13.0. The molecule has 32 heavy (non-hydrogen) atoms. The van der Waals surface area contributed by atoms with Crippen molar-refractivity contribution in [2.45, 2.75) is 37.6 Å². The molecule has 0 bridgehead atoms. The highest BCUT2D eigenvalue weighted by Gasteiger charge is 2.38. The smallest absolute Gasteiger partial charge is 0.225 e. The summed E-state index contributed by atoms with van der Waals surface area (Å²) in [5, 5.41) is 6.27. The van der Waals surface area contributed by atoms with Gasteiger partial charge >= 0.3 is 0 Å². The SMILES string of the molecule is O=C1CC[C@@](CCC(=O)N2CCN(c3ncc4ccccc4n3)CC2)(Cc2cccs2)N1. The molecule has 8 heteroatoms. The number of nitrogens with zero attached hydrogens (tertiary/aromatic N) is 4. The third-order valence-electron chi connectivity index (χ3n) is 6.54. The first kappa shape index (κ1) is 20.9. The van der Waals surface area contributed by atoms with Crippen molar-refractivity contribution in [3.05, 3.63) is 52.9 Å². The van der Waals surface area contributed by atoms with Gasteiger partial charge < -0.3 is 15.1 Å². The van der Waals surface area contributed by atoms with E-state index in [9.17, 15) is 9.59 Å². The summed E-state index contributed by atoms with van der Waals surface area (Å²) in [7, 11) is 0. The first-order chi connectivity index (χ1) is 15.6. The largest absolute Gasteiger partial charge is 0.350 e. The van der Waals surface area contributed by atoms with Crippen LogP contribution < -0.4 is 10.2 Å². The predicted octanol–water partition coefficient (Wildman–Crippen LogP) is 3.01. The lowest BCUT2D eigenvalue weighted by atomic mass is 9.87. The molecule has 0 spiro atoms. The van der Waals surface area contributed by atoms with Crippen molar-refractivity contribution in [1.29, 1.82) is 0 Å². The minimum absolute atomic E-state index is 0.0954. The highest BCUT2D eigenvalue weighted by Crippen LogP contribution is 2.31. The number of fused-ring (bicyclic) bond motifs is 1. The van der Waals surface area contributed by atoms with E-state index < -0.39 is 0 Å². The average molecular weight is 450 g/mol. The van der Waals surface area contributed by atoms with Gasteiger partial charge in [-0.1, -0.05) is 24.3 Å². The van der Waals surface area contributed by atoms with E-state index in [1.54, 1.807) is 11.3 Å². The lowest BCUT2D eigenvalue weighted by molar-refractivity contribution is -0.132. The normalized spacial score (nSPS) is 21.2. The first-order valence-electron chi connectivity index (χ1n) is 11.2. The number of para-hydroxylation sites is 1. The molecule has 2 aromatic heterocycles. The van der Waals surface area contributed by atoms with E-state index in [1.807, 2.05) is 41.4 Å². The van der Waals surface area contributed by atoms with E-state index in [0.717, 1.165) is 42.8 Å². The van der Waals surface area contributed by atoms with Crippen LogP contribution in [0.3, 0.4) is 0 Å². The minimum Gasteiger partial charge on any atom is -0.350 e. The Kier molecular flexibility index (Phi) is 5.78. The first-order valence-corrected chi connectivity index (χ1v) is 12.1. The zero-order valence-corrected chi connectivity index (χ0v) is 18.8. The lowest BCUT2D eigenvalue weighted by Gasteiger charge is -2.36. The molecule has 2 amide bonds. The Morgan fingerprint density at radius 1 is 1.12 bits per heavy atom. The molecule has 0 aliphatic carbocycles. The topological polar surface area (TPSA) is 78.4 Å². The molecule has 166 valence electrons. The number of aromatic nitrogens is 2. The van der Waals surface area contributed by atoms with Crippen molar-refractivity contribution >= 4 is 40.0 Å². The van der Waals surface area contributed by atoms with E-state index in [0.29, 0.717) is 32.4 Å². The molecule has 5 rings (SSSR count). The Labute approximate surface area is 191 Å². The Balaban J connectivity index is 1.17. The molecule has 0 radical (unpaired) electrons. The summed E-state index contributed by atoms with van der Waals surface area (Å²) in [6.07, 6.45) is 5.14. The Hall–Kier alpha value is -3.00. The van der Waals surface area contributed by atoms with E-state index in [4.69, 9.17) is 0 Å². The second kappa shape index (κ2) is 8.86. The molecule has 7 nitrogen and oxygen atoms in total. The maximum Gasteiger partial charge on any atom is 0.225 e. The Morgan fingerprint density at radius 2 is 1.97 bits per heavy atom. The van der Waals surface area contributed by atoms with Crippen LogP contribution >= 0.6 is 11.3 Å². The fourth-order valence-electron chi connectivity index (χ4n) is 4.70. The maximum atomic E-state index is 13.0. The summed E-state index contributed by atoms with van der Waals surface area (Å²) in [5.41, 5.74) is 0.642. The van der Waals surface area contributed by atoms with Crippen LogP contribution in [0.5, 0.6) is 0 Å². The van der Waals surface area contributed by atoms with Gasteiger partial charge in [-0.2, -0.15) is 0 Å². The van der Waals surface area contributed by atoms with Crippen LogP contribution in [0.2, 0.25) is 0 Å². The zero-order chi connectivity index (χ0) is 22.0. The number of hydrogen-bond donors (Lipinski definition) is 1. The summed E-state index contributed by atoms with van der Waals surface area (Å²) < 4.78 is 0. The predicted molar refractivity (Wildman–Crippen MR) is 126 cm³/mol. The summed E-state index contributed by atoms with van der Waals surface area (Å²) in [4.78, 5) is 39.5. The summed E-state index contributed by atoms with van der Waals surface area (Å²) in [6, 6.07) is 12.1. The van der Waals surface area contributed by atoms with Gasteiger partial charge in [0.25, 0.3) is 0 Å². The molecule has 2 aliphatic heterocycles. The van der Waals surface area contributed by atoms with Gasteiger partial charge in [-0.25, -0.2) is 9.97 Å². The van der Waals surface area contributed by atoms with Crippen molar-refractivity contribution in [2.75, 3.05) is 31.1 Å². The number of carbonyl (C=O) groups excluding carboxylic acids is 2. The highest BCUT2D eigenvalue weighted by atomic mass is 32.1. The van der Waals surface area contributed by atoms with Crippen LogP contribution in [0.1, 0.15) is 30.6 Å².